The van der Waals surface area contributed by atoms with Gasteiger partial charge in [0.2, 0.25) is 11.8 Å². The first-order valence-corrected chi connectivity index (χ1v) is 6.73. The molecule has 1 aliphatic rings. The van der Waals surface area contributed by atoms with Crippen molar-refractivity contribution in [3.63, 3.8) is 0 Å². The first kappa shape index (κ1) is 12.7. The number of fused-ring (bicyclic) bond motifs is 1. The summed E-state index contributed by atoms with van der Waals surface area (Å²) in [6.45, 7) is 5.03. The summed E-state index contributed by atoms with van der Waals surface area (Å²) < 4.78 is 11.1. The molecular weight excluding hydrogens is 254 g/mol. The maximum Gasteiger partial charge on any atom is 0.226 e. The SMILES string of the molecule is CCOc1cc(C)nc(NC2COc3ccccc32)n1. The van der Waals surface area contributed by atoms with Crippen LogP contribution < -0.4 is 14.8 Å². The summed E-state index contributed by atoms with van der Waals surface area (Å²) in [5, 5.41) is 3.31. The number of hydrogen-bond donors (Lipinski definition) is 1. The van der Waals surface area contributed by atoms with Crippen LogP contribution in [0.3, 0.4) is 0 Å². The number of para-hydroxylation sites is 1. The van der Waals surface area contributed by atoms with Gasteiger partial charge in [-0.2, -0.15) is 4.98 Å². The minimum Gasteiger partial charge on any atom is -0.491 e. The van der Waals surface area contributed by atoms with Crippen LogP contribution in [-0.2, 0) is 0 Å². The van der Waals surface area contributed by atoms with Crippen LogP contribution in [-0.4, -0.2) is 23.2 Å². The van der Waals surface area contributed by atoms with E-state index < -0.39 is 0 Å². The molecule has 5 heteroatoms. The van der Waals surface area contributed by atoms with E-state index in [2.05, 4.69) is 21.4 Å². The molecule has 0 radical (unpaired) electrons. The maximum absolute atomic E-state index is 5.64. The minimum absolute atomic E-state index is 0.0717. The van der Waals surface area contributed by atoms with Gasteiger partial charge in [-0.15, -0.1) is 0 Å². The van der Waals surface area contributed by atoms with Crippen LogP contribution in [0.5, 0.6) is 11.6 Å². The Hall–Kier alpha value is -2.30. The van der Waals surface area contributed by atoms with E-state index in [1.165, 1.54) is 0 Å². The lowest BCUT2D eigenvalue weighted by Crippen LogP contribution is -2.14. The van der Waals surface area contributed by atoms with Crippen molar-refractivity contribution in [3.05, 3.63) is 41.6 Å². The second-order valence-electron chi connectivity index (χ2n) is 4.65. The summed E-state index contributed by atoms with van der Waals surface area (Å²) in [5.41, 5.74) is 2.01. The average molecular weight is 271 g/mol. The van der Waals surface area contributed by atoms with Crippen molar-refractivity contribution in [1.29, 1.82) is 0 Å². The van der Waals surface area contributed by atoms with Crippen LogP contribution in [0.4, 0.5) is 5.95 Å². The van der Waals surface area contributed by atoms with E-state index in [0.29, 0.717) is 25.0 Å². The molecule has 2 heterocycles. The van der Waals surface area contributed by atoms with Gasteiger partial charge < -0.3 is 14.8 Å². The summed E-state index contributed by atoms with van der Waals surface area (Å²) in [6, 6.07) is 9.90. The van der Waals surface area contributed by atoms with E-state index in [1.807, 2.05) is 38.1 Å². The monoisotopic (exact) mass is 271 g/mol. The van der Waals surface area contributed by atoms with E-state index in [0.717, 1.165) is 17.0 Å². The zero-order valence-electron chi connectivity index (χ0n) is 11.6. The molecule has 5 nitrogen and oxygen atoms in total. The molecule has 1 atom stereocenters. The molecule has 1 N–H and O–H groups in total. The predicted octanol–water partition coefficient (Wildman–Crippen LogP) is 2.73. The second-order valence-corrected chi connectivity index (χ2v) is 4.65. The molecule has 3 rings (SSSR count). The molecule has 2 aromatic rings. The van der Waals surface area contributed by atoms with Crippen molar-refractivity contribution >= 4 is 5.95 Å². The number of nitrogens with one attached hydrogen (secondary N) is 1. The number of hydrogen-bond acceptors (Lipinski definition) is 5. The molecule has 0 fully saturated rings. The summed E-state index contributed by atoms with van der Waals surface area (Å²) in [4.78, 5) is 8.75. The summed E-state index contributed by atoms with van der Waals surface area (Å²) in [6.07, 6.45) is 0. The molecule has 1 aliphatic heterocycles. The minimum atomic E-state index is 0.0717. The third kappa shape index (κ3) is 2.52. The standard InChI is InChI=1S/C15H17N3O2/c1-3-19-14-8-10(2)16-15(18-14)17-12-9-20-13-7-5-4-6-11(12)13/h4-8,12H,3,9H2,1-2H3,(H,16,17,18). The number of aromatic nitrogens is 2. The topological polar surface area (TPSA) is 56.3 Å². The lowest BCUT2D eigenvalue weighted by Gasteiger charge is -2.13. The van der Waals surface area contributed by atoms with E-state index in [9.17, 15) is 0 Å². The first-order valence-electron chi connectivity index (χ1n) is 6.73. The normalized spacial score (nSPS) is 16.4. The molecule has 0 bridgehead atoms. The smallest absolute Gasteiger partial charge is 0.226 e. The first-order chi connectivity index (χ1) is 9.76. The number of ether oxygens (including phenoxy) is 2. The van der Waals surface area contributed by atoms with Gasteiger partial charge in [-0.1, -0.05) is 18.2 Å². The van der Waals surface area contributed by atoms with Gasteiger partial charge >= 0.3 is 0 Å². The number of aryl methyl sites for hydroxylation is 1. The molecule has 1 aromatic heterocycles. The average Bonchev–Trinajstić information content (AvgIpc) is 2.82. The Morgan fingerprint density at radius 2 is 2.20 bits per heavy atom. The summed E-state index contributed by atoms with van der Waals surface area (Å²) >= 11 is 0. The largest absolute Gasteiger partial charge is 0.491 e. The van der Waals surface area contributed by atoms with Crippen LogP contribution in [0, 0.1) is 6.92 Å². The van der Waals surface area contributed by atoms with E-state index in [4.69, 9.17) is 9.47 Å². The zero-order valence-corrected chi connectivity index (χ0v) is 11.6. The van der Waals surface area contributed by atoms with Crippen molar-refractivity contribution in [2.75, 3.05) is 18.5 Å². The van der Waals surface area contributed by atoms with Crippen molar-refractivity contribution in [1.82, 2.24) is 9.97 Å². The van der Waals surface area contributed by atoms with Gasteiger partial charge in [-0.25, -0.2) is 4.98 Å². The van der Waals surface area contributed by atoms with Gasteiger partial charge in [0.05, 0.1) is 12.6 Å². The molecule has 104 valence electrons. The Kier molecular flexibility index (Phi) is 3.41. The number of benzene rings is 1. The molecule has 0 saturated heterocycles. The highest BCUT2D eigenvalue weighted by Gasteiger charge is 2.24. The molecule has 0 saturated carbocycles. The Balaban J connectivity index is 1.82. The number of rotatable bonds is 4. The Morgan fingerprint density at radius 3 is 3.05 bits per heavy atom. The molecule has 0 amide bonds. The third-order valence-electron chi connectivity index (χ3n) is 3.13. The Labute approximate surface area is 118 Å². The fourth-order valence-electron chi connectivity index (χ4n) is 2.26. The fourth-order valence-corrected chi connectivity index (χ4v) is 2.26. The van der Waals surface area contributed by atoms with Gasteiger partial charge in [0.25, 0.3) is 0 Å². The van der Waals surface area contributed by atoms with Gasteiger partial charge in [-0.3, -0.25) is 0 Å². The molecule has 1 unspecified atom stereocenters. The summed E-state index contributed by atoms with van der Waals surface area (Å²) in [5.74, 6) is 2.08. The van der Waals surface area contributed by atoms with Crippen molar-refractivity contribution in [2.24, 2.45) is 0 Å². The quantitative estimate of drug-likeness (QED) is 0.926. The van der Waals surface area contributed by atoms with Crippen molar-refractivity contribution in [2.45, 2.75) is 19.9 Å². The maximum atomic E-state index is 5.64. The highest BCUT2D eigenvalue weighted by Crippen LogP contribution is 2.33. The number of nitrogens with zero attached hydrogens (tertiary/aromatic N) is 2. The second kappa shape index (κ2) is 5.36. The van der Waals surface area contributed by atoms with Gasteiger partial charge in [0.15, 0.2) is 0 Å². The van der Waals surface area contributed by atoms with E-state index in [1.54, 1.807) is 0 Å². The predicted molar refractivity (Wildman–Crippen MR) is 76.2 cm³/mol. The molecule has 0 aliphatic carbocycles. The van der Waals surface area contributed by atoms with Gasteiger partial charge in [0.1, 0.15) is 12.4 Å². The van der Waals surface area contributed by atoms with Crippen LogP contribution in [0.1, 0.15) is 24.2 Å². The van der Waals surface area contributed by atoms with E-state index >= 15 is 0 Å². The highest BCUT2D eigenvalue weighted by molar-refractivity contribution is 5.44. The van der Waals surface area contributed by atoms with E-state index in [-0.39, 0.29) is 6.04 Å². The lowest BCUT2D eigenvalue weighted by molar-refractivity contribution is 0.325. The fraction of sp³-hybridized carbons (Fsp3) is 0.333. The van der Waals surface area contributed by atoms with Crippen LogP contribution in [0.25, 0.3) is 0 Å². The molecule has 20 heavy (non-hydrogen) atoms. The van der Waals surface area contributed by atoms with Crippen molar-refractivity contribution in [3.8, 4) is 11.6 Å². The zero-order chi connectivity index (χ0) is 13.9. The van der Waals surface area contributed by atoms with Crippen LogP contribution >= 0.6 is 0 Å². The lowest BCUT2D eigenvalue weighted by atomic mass is 10.1. The number of anilines is 1. The van der Waals surface area contributed by atoms with Crippen LogP contribution in [0.2, 0.25) is 0 Å². The van der Waals surface area contributed by atoms with Gasteiger partial charge in [0, 0.05) is 17.3 Å². The molecule has 1 aromatic carbocycles. The third-order valence-corrected chi connectivity index (χ3v) is 3.13. The van der Waals surface area contributed by atoms with Crippen LogP contribution in [0.15, 0.2) is 30.3 Å². The summed E-state index contributed by atoms with van der Waals surface area (Å²) in [7, 11) is 0. The molecule has 0 spiro atoms. The Morgan fingerprint density at radius 1 is 1.35 bits per heavy atom. The van der Waals surface area contributed by atoms with Gasteiger partial charge in [-0.05, 0) is 19.9 Å². The van der Waals surface area contributed by atoms with Crippen molar-refractivity contribution < 1.29 is 9.47 Å². The Bertz CT molecular complexity index is 616. The highest BCUT2D eigenvalue weighted by atomic mass is 16.5. The molecular formula is C15H17N3O2.